The molecule has 124 valence electrons. The van der Waals surface area contributed by atoms with Crippen LogP contribution in [0.5, 0.6) is 0 Å². The second kappa shape index (κ2) is 8.01. The first kappa shape index (κ1) is 17.3. The van der Waals surface area contributed by atoms with Crippen LogP contribution in [0.3, 0.4) is 0 Å². The van der Waals surface area contributed by atoms with Crippen LogP contribution < -0.4 is 10.6 Å². The molecule has 0 amide bonds. The third kappa shape index (κ3) is 4.48. The van der Waals surface area contributed by atoms with Crippen LogP contribution in [0.2, 0.25) is 0 Å². The first-order valence-electron chi connectivity index (χ1n) is 7.48. The Morgan fingerprint density at radius 3 is 2.57 bits per heavy atom. The molecule has 1 aromatic heterocycles. The van der Waals surface area contributed by atoms with Gasteiger partial charge in [0, 0.05) is 25.5 Å². The van der Waals surface area contributed by atoms with Gasteiger partial charge in [0.2, 0.25) is 0 Å². The summed E-state index contributed by atoms with van der Waals surface area (Å²) in [7, 11) is 3.72. The van der Waals surface area contributed by atoms with Crippen LogP contribution in [-0.4, -0.2) is 34.0 Å². The Kier molecular flexibility index (Phi) is 6.04. The van der Waals surface area contributed by atoms with E-state index in [9.17, 15) is 0 Å². The molecule has 0 aliphatic rings. The highest BCUT2D eigenvalue weighted by atomic mass is 32.2. The minimum Gasteiger partial charge on any atom is -0.352 e. The van der Waals surface area contributed by atoms with E-state index in [1.54, 1.807) is 18.8 Å². The van der Waals surface area contributed by atoms with E-state index >= 15 is 0 Å². The van der Waals surface area contributed by atoms with E-state index in [-0.39, 0.29) is 0 Å². The smallest absolute Gasteiger partial charge is 0.191 e. The number of benzene rings is 1. The van der Waals surface area contributed by atoms with Gasteiger partial charge in [-0.2, -0.15) is 0 Å². The molecule has 2 N–H and O–H groups in total. The largest absolute Gasteiger partial charge is 0.352 e. The number of aryl methyl sites for hydroxylation is 2. The van der Waals surface area contributed by atoms with Crippen LogP contribution in [0.4, 0.5) is 0 Å². The molecule has 0 aliphatic carbocycles. The van der Waals surface area contributed by atoms with Crippen LogP contribution in [0.1, 0.15) is 22.8 Å². The van der Waals surface area contributed by atoms with E-state index in [2.05, 4.69) is 57.2 Å². The van der Waals surface area contributed by atoms with Gasteiger partial charge < -0.3 is 15.2 Å². The normalized spacial score (nSPS) is 11.6. The summed E-state index contributed by atoms with van der Waals surface area (Å²) in [4.78, 5) is 5.55. The van der Waals surface area contributed by atoms with Crippen molar-refractivity contribution in [3.05, 3.63) is 41.0 Å². The number of guanidine groups is 1. The second-order valence-corrected chi connectivity index (χ2v) is 6.17. The number of hydrogen-bond acceptors (Lipinski definition) is 4. The molecular formula is C16H24N6S. The fraction of sp³-hybridized carbons (Fsp3) is 0.438. The van der Waals surface area contributed by atoms with E-state index in [4.69, 9.17) is 0 Å². The number of rotatable bonds is 5. The first-order chi connectivity index (χ1) is 11.0. The Balaban J connectivity index is 1.94. The molecule has 0 saturated heterocycles. The maximum atomic E-state index is 4.26. The van der Waals surface area contributed by atoms with Gasteiger partial charge in [0.25, 0.3) is 0 Å². The van der Waals surface area contributed by atoms with E-state index < -0.39 is 0 Å². The van der Waals surface area contributed by atoms with Crippen molar-refractivity contribution in [1.82, 2.24) is 25.4 Å². The molecule has 23 heavy (non-hydrogen) atoms. The van der Waals surface area contributed by atoms with Gasteiger partial charge in [0.05, 0.1) is 6.54 Å². The lowest BCUT2D eigenvalue weighted by molar-refractivity contribution is 0.716. The van der Waals surface area contributed by atoms with Gasteiger partial charge in [-0.3, -0.25) is 4.99 Å². The molecule has 0 radical (unpaired) electrons. The third-order valence-corrected chi connectivity index (χ3v) is 4.53. The molecule has 2 aromatic rings. The standard InChI is InChI=1S/C16H24N6S/c1-11-6-7-13(14(8-11)23-5)9-18-16(17-3)19-10-15-21-20-12(2)22(15)4/h6-8H,9-10H2,1-5H3,(H2,17,18,19). The minimum absolute atomic E-state index is 0.584. The van der Waals surface area contributed by atoms with Crippen molar-refractivity contribution in [3.63, 3.8) is 0 Å². The van der Waals surface area contributed by atoms with E-state index in [1.165, 1.54) is 16.0 Å². The summed E-state index contributed by atoms with van der Waals surface area (Å²) in [5, 5.41) is 14.8. The van der Waals surface area contributed by atoms with Crippen LogP contribution in [-0.2, 0) is 20.1 Å². The van der Waals surface area contributed by atoms with Crippen molar-refractivity contribution in [2.45, 2.75) is 31.8 Å². The zero-order valence-electron chi connectivity index (χ0n) is 14.3. The zero-order chi connectivity index (χ0) is 16.8. The van der Waals surface area contributed by atoms with Gasteiger partial charge >= 0.3 is 0 Å². The predicted octanol–water partition coefficient (Wildman–Crippen LogP) is 2.02. The van der Waals surface area contributed by atoms with Gasteiger partial charge in [0.1, 0.15) is 5.82 Å². The molecule has 0 unspecified atom stereocenters. The Morgan fingerprint density at radius 2 is 1.96 bits per heavy atom. The van der Waals surface area contributed by atoms with E-state index in [0.717, 1.165) is 24.2 Å². The lowest BCUT2D eigenvalue weighted by Gasteiger charge is -2.14. The molecule has 6 nitrogen and oxygen atoms in total. The average molecular weight is 332 g/mol. The third-order valence-electron chi connectivity index (χ3n) is 3.71. The first-order valence-corrected chi connectivity index (χ1v) is 8.70. The second-order valence-electron chi connectivity index (χ2n) is 5.32. The molecule has 0 saturated carbocycles. The zero-order valence-corrected chi connectivity index (χ0v) is 15.2. The summed E-state index contributed by atoms with van der Waals surface area (Å²) in [5.41, 5.74) is 2.54. The van der Waals surface area contributed by atoms with Crippen LogP contribution in [0, 0.1) is 13.8 Å². The van der Waals surface area contributed by atoms with Gasteiger partial charge in [-0.1, -0.05) is 12.1 Å². The fourth-order valence-electron chi connectivity index (χ4n) is 2.17. The monoisotopic (exact) mass is 332 g/mol. The molecule has 1 heterocycles. The molecule has 0 aliphatic heterocycles. The SMILES string of the molecule is CN=C(NCc1ccc(C)cc1SC)NCc1nnc(C)n1C. The molecule has 0 spiro atoms. The highest BCUT2D eigenvalue weighted by Gasteiger charge is 2.07. The molecule has 7 heteroatoms. The van der Waals surface area contributed by atoms with Gasteiger partial charge in [-0.25, -0.2) is 0 Å². The Bertz CT molecular complexity index is 692. The molecule has 0 bridgehead atoms. The fourth-order valence-corrected chi connectivity index (χ4v) is 2.87. The number of aliphatic imine (C=N–C) groups is 1. The van der Waals surface area contributed by atoms with Crippen molar-refractivity contribution in [2.75, 3.05) is 13.3 Å². The predicted molar refractivity (Wildman–Crippen MR) is 95.7 cm³/mol. The van der Waals surface area contributed by atoms with Crippen LogP contribution >= 0.6 is 11.8 Å². The van der Waals surface area contributed by atoms with Gasteiger partial charge in [-0.05, 0) is 37.3 Å². The Hall–Kier alpha value is -2.02. The van der Waals surface area contributed by atoms with E-state index in [1.807, 2.05) is 18.5 Å². The highest BCUT2D eigenvalue weighted by molar-refractivity contribution is 7.98. The Labute approximate surface area is 141 Å². The number of nitrogens with zero attached hydrogens (tertiary/aromatic N) is 4. The molecule has 2 rings (SSSR count). The number of nitrogens with one attached hydrogen (secondary N) is 2. The lowest BCUT2D eigenvalue weighted by Crippen LogP contribution is -2.37. The summed E-state index contributed by atoms with van der Waals surface area (Å²) < 4.78 is 1.96. The maximum absolute atomic E-state index is 4.26. The van der Waals surface area contributed by atoms with Crippen molar-refractivity contribution in [1.29, 1.82) is 0 Å². The molecular weight excluding hydrogens is 308 g/mol. The highest BCUT2D eigenvalue weighted by Crippen LogP contribution is 2.21. The van der Waals surface area contributed by atoms with E-state index in [0.29, 0.717) is 6.54 Å². The quantitative estimate of drug-likeness (QED) is 0.498. The van der Waals surface area contributed by atoms with Gasteiger partial charge in [-0.15, -0.1) is 22.0 Å². The van der Waals surface area contributed by atoms with Crippen LogP contribution in [0.25, 0.3) is 0 Å². The van der Waals surface area contributed by atoms with Crippen LogP contribution in [0.15, 0.2) is 28.1 Å². The average Bonchev–Trinajstić information content (AvgIpc) is 2.87. The summed E-state index contributed by atoms with van der Waals surface area (Å²) in [6, 6.07) is 6.50. The molecule has 1 aromatic carbocycles. The summed E-state index contributed by atoms with van der Waals surface area (Å²) in [6.45, 7) is 5.36. The number of hydrogen-bond donors (Lipinski definition) is 2. The summed E-state index contributed by atoms with van der Waals surface area (Å²) in [5.74, 6) is 2.53. The summed E-state index contributed by atoms with van der Waals surface area (Å²) >= 11 is 1.76. The molecule has 0 atom stereocenters. The van der Waals surface area contributed by atoms with Crippen molar-refractivity contribution >= 4 is 17.7 Å². The van der Waals surface area contributed by atoms with Crippen molar-refractivity contribution < 1.29 is 0 Å². The maximum Gasteiger partial charge on any atom is 0.191 e. The minimum atomic E-state index is 0.584. The number of thioether (sulfide) groups is 1. The van der Waals surface area contributed by atoms with Crippen molar-refractivity contribution in [3.8, 4) is 0 Å². The lowest BCUT2D eigenvalue weighted by atomic mass is 10.1. The van der Waals surface area contributed by atoms with Crippen molar-refractivity contribution in [2.24, 2.45) is 12.0 Å². The summed E-state index contributed by atoms with van der Waals surface area (Å²) in [6.07, 6.45) is 2.10. The number of aromatic nitrogens is 3. The molecule has 0 fully saturated rings. The van der Waals surface area contributed by atoms with Gasteiger partial charge in [0.15, 0.2) is 11.8 Å². The Morgan fingerprint density at radius 1 is 1.22 bits per heavy atom. The topological polar surface area (TPSA) is 67.1 Å².